The van der Waals surface area contributed by atoms with Crippen LogP contribution < -0.4 is 5.32 Å². The SMILES string of the molecule is CCOC(=O)C1=C(COC(C)=O)NC(C)=C(C(=O)OC)C1c1cccc(F)c1C1CC(OCc2ccccc2)C1. The van der Waals surface area contributed by atoms with E-state index in [0.29, 0.717) is 36.3 Å². The summed E-state index contributed by atoms with van der Waals surface area (Å²) < 4.78 is 37.3. The molecular weight excluding hydrogens is 517 g/mol. The second-order valence-electron chi connectivity index (χ2n) is 9.81. The van der Waals surface area contributed by atoms with Crippen molar-refractivity contribution in [1.82, 2.24) is 5.32 Å². The lowest BCUT2D eigenvalue weighted by Gasteiger charge is -2.39. The highest BCUT2D eigenvalue weighted by molar-refractivity contribution is 6.00. The molecule has 0 spiro atoms. The summed E-state index contributed by atoms with van der Waals surface area (Å²) in [6, 6.07) is 14.5. The number of esters is 3. The van der Waals surface area contributed by atoms with E-state index in [1.807, 2.05) is 30.3 Å². The zero-order valence-electron chi connectivity index (χ0n) is 23.1. The van der Waals surface area contributed by atoms with Crippen LogP contribution in [-0.2, 0) is 39.9 Å². The van der Waals surface area contributed by atoms with Gasteiger partial charge < -0.3 is 24.3 Å². The maximum Gasteiger partial charge on any atom is 0.336 e. The molecule has 8 nitrogen and oxygen atoms in total. The Balaban J connectivity index is 1.73. The summed E-state index contributed by atoms with van der Waals surface area (Å²) in [6.45, 7) is 4.85. The average molecular weight is 552 g/mol. The van der Waals surface area contributed by atoms with Gasteiger partial charge in [-0.15, -0.1) is 0 Å². The van der Waals surface area contributed by atoms with Gasteiger partial charge in [-0.25, -0.2) is 14.0 Å². The van der Waals surface area contributed by atoms with Gasteiger partial charge in [0.05, 0.1) is 49.2 Å². The summed E-state index contributed by atoms with van der Waals surface area (Å²) in [6.07, 6.45) is 1.12. The van der Waals surface area contributed by atoms with Crippen molar-refractivity contribution >= 4 is 17.9 Å². The number of nitrogens with one attached hydrogen (secondary N) is 1. The minimum atomic E-state index is -1.01. The third kappa shape index (κ3) is 6.25. The van der Waals surface area contributed by atoms with Crippen molar-refractivity contribution in [3.05, 3.63) is 93.6 Å². The molecule has 1 unspecified atom stereocenters. The van der Waals surface area contributed by atoms with Crippen LogP contribution in [0.4, 0.5) is 4.39 Å². The van der Waals surface area contributed by atoms with E-state index in [0.717, 1.165) is 5.56 Å². The molecule has 2 aromatic rings. The number of methoxy groups -OCH3 is 1. The molecule has 1 heterocycles. The molecule has 1 saturated carbocycles. The van der Waals surface area contributed by atoms with Gasteiger partial charge in [0.2, 0.25) is 0 Å². The van der Waals surface area contributed by atoms with Crippen molar-refractivity contribution in [3.63, 3.8) is 0 Å². The van der Waals surface area contributed by atoms with Gasteiger partial charge in [0.1, 0.15) is 12.4 Å². The second kappa shape index (κ2) is 12.9. The third-order valence-corrected chi connectivity index (χ3v) is 7.19. The minimum Gasteiger partial charge on any atom is -0.466 e. The molecule has 1 aliphatic heterocycles. The highest BCUT2D eigenvalue weighted by atomic mass is 19.1. The Hall–Kier alpha value is -3.98. The lowest BCUT2D eigenvalue weighted by atomic mass is 9.70. The largest absolute Gasteiger partial charge is 0.466 e. The molecule has 9 heteroatoms. The average Bonchev–Trinajstić information content (AvgIpc) is 2.91. The number of carbonyl (C=O) groups excluding carboxylic acids is 3. The number of halogens is 1. The first kappa shape index (κ1) is 29.0. The van der Waals surface area contributed by atoms with Crippen LogP contribution in [0.3, 0.4) is 0 Å². The van der Waals surface area contributed by atoms with E-state index in [-0.39, 0.29) is 42.1 Å². The van der Waals surface area contributed by atoms with E-state index >= 15 is 4.39 Å². The van der Waals surface area contributed by atoms with Crippen LogP contribution in [0.25, 0.3) is 0 Å². The van der Waals surface area contributed by atoms with Crippen molar-refractivity contribution in [3.8, 4) is 0 Å². The van der Waals surface area contributed by atoms with Gasteiger partial charge in [-0.2, -0.15) is 0 Å². The van der Waals surface area contributed by atoms with Crippen molar-refractivity contribution in [1.29, 1.82) is 0 Å². The van der Waals surface area contributed by atoms with Crippen LogP contribution in [0.2, 0.25) is 0 Å². The van der Waals surface area contributed by atoms with Gasteiger partial charge in [0.15, 0.2) is 0 Å². The molecule has 212 valence electrons. The van der Waals surface area contributed by atoms with Crippen LogP contribution in [-0.4, -0.2) is 44.3 Å². The molecule has 0 radical (unpaired) electrons. The Labute approximate surface area is 233 Å². The van der Waals surface area contributed by atoms with E-state index < -0.39 is 29.6 Å². The Kier molecular flexibility index (Phi) is 9.37. The molecule has 1 atom stereocenters. The fourth-order valence-electron chi connectivity index (χ4n) is 5.29. The second-order valence-corrected chi connectivity index (χ2v) is 9.81. The van der Waals surface area contributed by atoms with E-state index in [4.69, 9.17) is 18.9 Å². The smallest absolute Gasteiger partial charge is 0.336 e. The molecule has 0 amide bonds. The molecule has 0 bridgehead atoms. The van der Waals surface area contributed by atoms with Crippen molar-refractivity contribution in [2.75, 3.05) is 20.3 Å². The molecule has 40 heavy (non-hydrogen) atoms. The zero-order chi connectivity index (χ0) is 28.8. The molecule has 0 saturated heterocycles. The first-order valence-electron chi connectivity index (χ1n) is 13.3. The number of hydrogen-bond acceptors (Lipinski definition) is 8. The maximum absolute atomic E-state index is 15.6. The Morgan fingerprint density at radius 2 is 1.68 bits per heavy atom. The summed E-state index contributed by atoms with van der Waals surface area (Å²) in [5.41, 5.74) is 2.81. The summed E-state index contributed by atoms with van der Waals surface area (Å²) >= 11 is 0. The first-order valence-corrected chi connectivity index (χ1v) is 13.3. The van der Waals surface area contributed by atoms with Gasteiger partial charge in [-0.05, 0) is 55.4 Å². The highest BCUT2D eigenvalue weighted by Crippen LogP contribution is 2.47. The van der Waals surface area contributed by atoms with Crippen LogP contribution >= 0.6 is 0 Å². The predicted molar refractivity (Wildman–Crippen MR) is 144 cm³/mol. The van der Waals surface area contributed by atoms with Crippen LogP contribution in [0.15, 0.2) is 71.1 Å². The third-order valence-electron chi connectivity index (χ3n) is 7.19. The Morgan fingerprint density at radius 3 is 2.33 bits per heavy atom. The monoisotopic (exact) mass is 551 g/mol. The van der Waals surface area contributed by atoms with Crippen LogP contribution in [0.1, 0.15) is 62.1 Å². The van der Waals surface area contributed by atoms with Gasteiger partial charge in [-0.3, -0.25) is 4.79 Å². The molecule has 4 rings (SSSR count). The number of hydrogen-bond donors (Lipinski definition) is 1. The number of allylic oxidation sites excluding steroid dienone is 1. The molecule has 2 aliphatic rings. The molecular formula is C31H34FNO7. The lowest BCUT2D eigenvalue weighted by molar-refractivity contribution is -0.142. The number of dihydropyridines is 1. The van der Waals surface area contributed by atoms with Gasteiger partial charge in [0, 0.05) is 12.6 Å². The van der Waals surface area contributed by atoms with E-state index in [1.54, 1.807) is 26.0 Å². The number of rotatable bonds is 10. The van der Waals surface area contributed by atoms with Crippen molar-refractivity contribution in [2.45, 2.75) is 58.2 Å². The van der Waals surface area contributed by atoms with Crippen molar-refractivity contribution in [2.24, 2.45) is 0 Å². The first-order chi connectivity index (χ1) is 19.2. The van der Waals surface area contributed by atoms with Crippen LogP contribution in [0, 0.1) is 5.82 Å². The van der Waals surface area contributed by atoms with Gasteiger partial charge in [-0.1, -0.05) is 42.5 Å². The number of carbonyl (C=O) groups is 3. The molecule has 0 aromatic heterocycles. The topological polar surface area (TPSA) is 100 Å². The summed E-state index contributed by atoms with van der Waals surface area (Å²) in [7, 11) is 1.24. The van der Waals surface area contributed by atoms with Crippen molar-refractivity contribution < 1.29 is 37.7 Å². The maximum atomic E-state index is 15.6. The number of ether oxygens (including phenoxy) is 4. The fraction of sp³-hybridized carbons (Fsp3) is 0.387. The summed E-state index contributed by atoms with van der Waals surface area (Å²) in [5.74, 6) is -3.55. The quantitative estimate of drug-likeness (QED) is 0.332. The number of benzene rings is 2. The minimum absolute atomic E-state index is 0.0531. The lowest BCUT2D eigenvalue weighted by Crippen LogP contribution is -2.36. The molecule has 2 aromatic carbocycles. The van der Waals surface area contributed by atoms with Gasteiger partial charge in [0.25, 0.3) is 0 Å². The molecule has 1 fully saturated rings. The Morgan fingerprint density at radius 1 is 0.950 bits per heavy atom. The molecule has 1 aliphatic carbocycles. The standard InChI is InChI=1S/C31H34FNO7/c1-5-38-31(36)29-25(17-39-19(3)34)33-18(2)26(30(35)37-4)28(29)23-12-9-13-24(32)27(23)21-14-22(15-21)40-16-20-10-7-6-8-11-20/h6-13,21-22,28,33H,5,14-17H2,1-4H3. The summed E-state index contributed by atoms with van der Waals surface area (Å²) in [5, 5.41) is 3.02. The zero-order valence-corrected chi connectivity index (χ0v) is 23.1. The highest BCUT2D eigenvalue weighted by Gasteiger charge is 2.43. The summed E-state index contributed by atoms with van der Waals surface area (Å²) in [4.78, 5) is 38.1. The Bertz CT molecular complexity index is 1330. The normalized spacial score (nSPS) is 20.4. The predicted octanol–water partition coefficient (Wildman–Crippen LogP) is 4.80. The fourth-order valence-corrected chi connectivity index (χ4v) is 5.29. The van der Waals surface area contributed by atoms with E-state index in [2.05, 4.69) is 5.32 Å². The van der Waals surface area contributed by atoms with E-state index in [1.165, 1.54) is 20.1 Å². The molecule has 1 N–H and O–H groups in total. The van der Waals surface area contributed by atoms with Gasteiger partial charge >= 0.3 is 17.9 Å². The van der Waals surface area contributed by atoms with E-state index in [9.17, 15) is 14.4 Å². The van der Waals surface area contributed by atoms with Crippen LogP contribution in [0.5, 0.6) is 0 Å².